The van der Waals surface area contributed by atoms with Crippen LogP contribution in [-0.4, -0.2) is 48.9 Å². The zero-order valence-corrected chi connectivity index (χ0v) is 41.4. The number of hydrogen-bond donors (Lipinski definition) is 4. The molecule has 70 heavy (non-hydrogen) atoms. The summed E-state index contributed by atoms with van der Waals surface area (Å²) >= 11 is 0. The van der Waals surface area contributed by atoms with Crippen LogP contribution in [0.1, 0.15) is 124 Å². The predicted molar refractivity (Wildman–Crippen MR) is 277 cm³/mol. The van der Waals surface area contributed by atoms with E-state index in [9.17, 15) is 20.4 Å². The number of hydrogen-bond acceptors (Lipinski definition) is 8. The molecule has 0 heterocycles. The normalized spacial score (nSPS) is 16.4. The summed E-state index contributed by atoms with van der Waals surface area (Å²) in [6, 6.07) is 43.5. The molecule has 356 valence electrons. The smallest absolute Gasteiger partial charge is 0.126 e. The lowest BCUT2D eigenvalue weighted by Crippen LogP contribution is -2.15. The average molecular weight is 933 g/mol. The minimum atomic E-state index is -0.745. The largest absolute Gasteiger partial charge is 0.507 e. The minimum Gasteiger partial charge on any atom is -0.507 e. The van der Waals surface area contributed by atoms with Gasteiger partial charge in [-0.25, -0.2) is 0 Å². The number of phenols is 4. The maximum absolute atomic E-state index is 12.5. The Hall–Kier alpha value is -7.84. The van der Waals surface area contributed by atoms with Crippen molar-refractivity contribution >= 4 is 0 Å². The van der Waals surface area contributed by atoms with Gasteiger partial charge in [0.1, 0.15) is 46.0 Å². The minimum absolute atomic E-state index is 0.00285. The Morgan fingerprint density at radius 3 is 0.829 bits per heavy atom. The molecule has 0 amide bonds. The molecule has 0 saturated heterocycles. The van der Waals surface area contributed by atoms with Crippen LogP contribution < -0.4 is 18.9 Å². The van der Waals surface area contributed by atoms with Crippen molar-refractivity contribution in [3.05, 3.63) is 234 Å². The van der Waals surface area contributed by atoms with Gasteiger partial charge in [0, 0.05) is 92.4 Å². The number of fused-ring (bicyclic) bond motifs is 8. The summed E-state index contributed by atoms with van der Waals surface area (Å²) in [6.07, 6.45) is 0. The Kier molecular flexibility index (Phi) is 12.8. The third kappa shape index (κ3) is 8.42. The van der Waals surface area contributed by atoms with Crippen LogP contribution in [0.5, 0.6) is 46.0 Å². The molecular formula is C62H60O8. The highest BCUT2D eigenvalue weighted by molar-refractivity contribution is 5.68. The van der Waals surface area contributed by atoms with Crippen LogP contribution in [0.25, 0.3) is 0 Å². The molecule has 8 bridgehead atoms. The lowest BCUT2D eigenvalue weighted by atomic mass is 9.74. The Balaban J connectivity index is 1.53. The molecule has 0 aromatic heterocycles. The summed E-state index contributed by atoms with van der Waals surface area (Å²) in [5, 5.41) is 49.9. The molecule has 0 aliphatic heterocycles. The summed E-state index contributed by atoms with van der Waals surface area (Å²) in [4.78, 5) is 0. The van der Waals surface area contributed by atoms with E-state index in [2.05, 4.69) is 81.4 Å². The van der Waals surface area contributed by atoms with Gasteiger partial charge in [-0.15, -0.1) is 0 Å². The highest BCUT2D eigenvalue weighted by Crippen LogP contribution is 2.54. The second-order valence-electron chi connectivity index (χ2n) is 18.9. The van der Waals surface area contributed by atoms with Crippen LogP contribution in [-0.2, 0) is 0 Å². The number of rotatable bonds is 8. The Morgan fingerprint density at radius 1 is 0.271 bits per heavy atom. The standard InChI is InChI=1S/C62H60O8/c1-33-11-17-39(18-12-33)59-43-25-48(56(68-8)29-51(43)63)61(41-21-15-35(3)23-37(41)5)46-28-47(55(67-7)32-54(46)66)60(40-19-13-34(2)14-20-40)45-27-50(58(70-10)31-53(45)65)62(42-22-16-36(4)24-38(42)6)49-26-44(59)52(64)30-57(49)69-9/h11-32,59-66H,1-10H3. The molecule has 8 nitrogen and oxygen atoms in total. The Labute approximate surface area is 411 Å². The van der Waals surface area contributed by atoms with Crippen molar-refractivity contribution in [1.29, 1.82) is 0 Å². The Morgan fingerprint density at radius 2 is 0.529 bits per heavy atom. The number of aryl methyl sites for hydroxylation is 6. The van der Waals surface area contributed by atoms with Crippen LogP contribution in [0.2, 0.25) is 0 Å². The van der Waals surface area contributed by atoms with Crippen molar-refractivity contribution in [2.75, 3.05) is 28.4 Å². The van der Waals surface area contributed by atoms with E-state index < -0.39 is 23.7 Å². The van der Waals surface area contributed by atoms with Crippen LogP contribution in [0.15, 0.2) is 133 Å². The molecule has 1 aliphatic rings. The molecule has 0 spiro atoms. The first-order chi connectivity index (χ1) is 33.6. The van der Waals surface area contributed by atoms with Crippen molar-refractivity contribution in [2.24, 2.45) is 0 Å². The summed E-state index contributed by atoms with van der Waals surface area (Å²) in [6.45, 7) is 12.3. The summed E-state index contributed by atoms with van der Waals surface area (Å²) < 4.78 is 24.9. The molecule has 4 atom stereocenters. The molecule has 8 aromatic rings. The molecule has 9 rings (SSSR count). The molecule has 4 unspecified atom stereocenters. The van der Waals surface area contributed by atoms with E-state index in [1.54, 1.807) is 52.7 Å². The van der Waals surface area contributed by atoms with Crippen molar-refractivity contribution in [2.45, 2.75) is 65.2 Å². The highest BCUT2D eigenvalue weighted by atomic mass is 16.5. The van der Waals surface area contributed by atoms with Gasteiger partial charge in [-0.2, -0.15) is 0 Å². The third-order valence-electron chi connectivity index (χ3n) is 14.3. The molecule has 1 aliphatic carbocycles. The number of aromatic hydroxyl groups is 4. The van der Waals surface area contributed by atoms with Gasteiger partial charge in [0.15, 0.2) is 0 Å². The van der Waals surface area contributed by atoms with Gasteiger partial charge < -0.3 is 39.4 Å². The SMILES string of the molecule is COc1cc(O)c2cc1C(c1ccc(C)cc1)c1cc(c(OC)cc1O)C(c1ccc(C)cc1C)c1cc(c(O)cc1OC)C(c1ccc(C)cc1)c1cc(c(OC)cc1O)C2c1ccc(C)cc1C. The van der Waals surface area contributed by atoms with Crippen LogP contribution >= 0.6 is 0 Å². The second-order valence-corrected chi connectivity index (χ2v) is 18.9. The van der Waals surface area contributed by atoms with Gasteiger partial charge in [-0.1, -0.05) is 107 Å². The second kappa shape index (κ2) is 18.9. The fourth-order valence-electron chi connectivity index (χ4n) is 10.8. The van der Waals surface area contributed by atoms with Crippen molar-refractivity contribution in [1.82, 2.24) is 0 Å². The summed E-state index contributed by atoms with van der Waals surface area (Å²) in [5.74, 6) is -1.11. The molecule has 4 N–H and O–H groups in total. The van der Waals surface area contributed by atoms with E-state index in [-0.39, 0.29) is 23.0 Å². The maximum Gasteiger partial charge on any atom is 0.126 e. The summed E-state index contributed by atoms with van der Waals surface area (Å²) in [5.41, 5.74) is 14.7. The fourth-order valence-corrected chi connectivity index (χ4v) is 10.8. The lowest BCUT2D eigenvalue weighted by molar-refractivity contribution is 0.393. The number of benzene rings is 8. The fraction of sp³-hybridized carbons (Fsp3) is 0.226. The molecule has 0 fully saturated rings. The van der Waals surface area contributed by atoms with E-state index in [0.29, 0.717) is 56.4 Å². The third-order valence-corrected chi connectivity index (χ3v) is 14.3. The quantitative estimate of drug-likeness (QED) is 0.119. The first kappa shape index (κ1) is 47.2. The maximum atomic E-state index is 12.5. The Bertz CT molecular complexity index is 3280. The lowest BCUT2D eigenvalue weighted by Gasteiger charge is -2.31. The van der Waals surface area contributed by atoms with E-state index in [1.165, 1.54) is 0 Å². The van der Waals surface area contributed by atoms with Gasteiger partial charge in [-0.3, -0.25) is 0 Å². The van der Waals surface area contributed by atoms with Crippen molar-refractivity contribution < 1.29 is 39.4 Å². The topological polar surface area (TPSA) is 118 Å². The number of methoxy groups -OCH3 is 4. The predicted octanol–water partition coefficient (Wildman–Crippen LogP) is 13.4. The highest BCUT2D eigenvalue weighted by Gasteiger charge is 2.36. The molecule has 0 saturated carbocycles. The van der Waals surface area contributed by atoms with Gasteiger partial charge >= 0.3 is 0 Å². The van der Waals surface area contributed by atoms with E-state index in [4.69, 9.17) is 18.9 Å². The monoisotopic (exact) mass is 932 g/mol. The van der Waals surface area contributed by atoms with Gasteiger partial charge in [0.05, 0.1) is 28.4 Å². The molecular weight excluding hydrogens is 873 g/mol. The van der Waals surface area contributed by atoms with Crippen LogP contribution in [0.4, 0.5) is 0 Å². The van der Waals surface area contributed by atoms with Gasteiger partial charge in [0.25, 0.3) is 0 Å². The van der Waals surface area contributed by atoms with E-state index >= 15 is 0 Å². The van der Waals surface area contributed by atoms with Crippen LogP contribution in [0, 0.1) is 41.5 Å². The first-order valence-electron chi connectivity index (χ1n) is 23.5. The van der Waals surface area contributed by atoms with E-state index in [1.807, 2.05) is 69.3 Å². The van der Waals surface area contributed by atoms with Gasteiger partial charge in [-0.05, 0) is 99.2 Å². The molecule has 0 radical (unpaired) electrons. The first-order valence-corrected chi connectivity index (χ1v) is 23.5. The molecule has 8 heteroatoms. The molecule has 8 aromatic carbocycles. The van der Waals surface area contributed by atoms with Gasteiger partial charge in [0.2, 0.25) is 0 Å². The zero-order chi connectivity index (χ0) is 49.7. The van der Waals surface area contributed by atoms with Crippen molar-refractivity contribution in [3.63, 3.8) is 0 Å². The van der Waals surface area contributed by atoms with Crippen LogP contribution in [0.3, 0.4) is 0 Å². The van der Waals surface area contributed by atoms with E-state index in [0.717, 1.165) is 66.8 Å². The zero-order valence-electron chi connectivity index (χ0n) is 41.4. The number of phenolic OH excluding ortho intramolecular Hbond substituents is 4. The average Bonchev–Trinajstić information content (AvgIpc) is 3.34. The van der Waals surface area contributed by atoms with Crippen molar-refractivity contribution in [3.8, 4) is 46.0 Å². The number of ether oxygens (including phenoxy) is 4. The summed E-state index contributed by atoms with van der Waals surface area (Å²) in [7, 11) is 6.35.